The summed E-state index contributed by atoms with van der Waals surface area (Å²) in [6.07, 6.45) is 1.87. The molecule has 2 aromatic rings. The molecule has 2 rings (SSSR count). The van der Waals surface area contributed by atoms with Gasteiger partial charge in [0.05, 0.1) is 13.7 Å². The number of hydrogen-bond acceptors (Lipinski definition) is 3. The first-order valence-corrected chi connectivity index (χ1v) is 8.66. The van der Waals surface area contributed by atoms with E-state index in [0.29, 0.717) is 19.1 Å². The van der Waals surface area contributed by atoms with Gasteiger partial charge in [0, 0.05) is 5.92 Å². The molecule has 1 unspecified atom stereocenters. The average molecular weight is 327 g/mol. The van der Waals surface area contributed by atoms with Crippen molar-refractivity contribution in [1.82, 2.24) is 0 Å². The molecule has 3 heteroatoms. The molecule has 0 heterocycles. The van der Waals surface area contributed by atoms with Crippen molar-refractivity contribution in [3.63, 3.8) is 0 Å². The lowest BCUT2D eigenvalue weighted by Crippen LogP contribution is -2.16. The quantitative estimate of drug-likeness (QED) is 0.782. The van der Waals surface area contributed by atoms with Gasteiger partial charge in [0.2, 0.25) is 0 Å². The van der Waals surface area contributed by atoms with Crippen LogP contribution >= 0.6 is 0 Å². The molecule has 0 aliphatic carbocycles. The van der Waals surface area contributed by atoms with E-state index in [1.165, 1.54) is 22.3 Å². The first-order chi connectivity index (χ1) is 11.6. The standard InChI is InChI=1S/C21H29NO2/c1-5-10-24-21-13-17(7-9-20(21)23-4)12-18(14-22)19-8-6-15(2)11-16(19)3/h6-9,11,13,18H,5,10,12,14,22H2,1-4H3. The fourth-order valence-electron chi connectivity index (χ4n) is 3.06. The van der Waals surface area contributed by atoms with Gasteiger partial charge in [-0.2, -0.15) is 0 Å². The smallest absolute Gasteiger partial charge is 0.161 e. The Bertz CT molecular complexity index is 667. The van der Waals surface area contributed by atoms with Gasteiger partial charge >= 0.3 is 0 Å². The molecule has 24 heavy (non-hydrogen) atoms. The van der Waals surface area contributed by atoms with Crippen LogP contribution in [0.3, 0.4) is 0 Å². The van der Waals surface area contributed by atoms with Crippen LogP contribution < -0.4 is 15.2 Å². The zero-order valence-corrected chi connectivity index (χ0v) is 15.3. The summed E-state index contributed by atoms with van der Waals surface area (Å²) in [4.78, 5) is 0. The van der Waals surface area contributed by atoms with Crippen LogP contribution in [0.1, 0.15) is 41.5 Å². The highest BCUT2D eigenvalue weighted by Gasteiger charge is 2.15. The molecule has 0 bridgehead atoms. The number of methoxy groups -OCH3 is 1. The number of benzene rings is 2. The topological polar surface area (TPSA) is 44.5 Å². The van der Waals surface area contributed by atoms with Crippen LogP contribution in [-0.4, -0.2) is 20.3 Å². The number of nitrogens with two attached hydrogens (primary N) is 1. The van der Waals surface area contributed by atoms with Crippen molar-refractivity contribution in [1.29, 1.82) is 0 Å². The Hall–Kier alpha value is -2.00. The fourth-order valence-corrected chi connectivity index (χ4v) is 3.06. The van der Waals surface area contributed by atoms with Gasteiger partial charge in [0.15, 0.2) is 11.5 Å². The maximum Gasteiger partial charge on any atom is 0.161 e. The second-order valence-electron chi connectivity index (χ2n) is 6.33. The van der Waals surface area contributed by atoms with E-state index in [-0.39, 0.29) is 0 Å². The van der Waals surface area contributed by atoms with E-state index < -0.39 is 0 Å². The van der Waals surface area contributed by atoms with Gasteiger partial charge in [0.1, 0.15) is 0 Å². The molecule has 0 aromatic heterocycles. The summed E-state index contributed by atoms with van der Waals surface area (Å²) in [5, 5.41) is 0. The molecular formula is C21H29NO2. The molecule has 130 valence electrons. The lowest BCUT2D eigenvalue weighted by atomic mass is 9.88. The number of ether oxygens (including phenoxy) is 2. The van der Waals surface area contributed by atoms with Crippen LogP contribution in [0.5, 0.6) is 11.5 Å². The average Bonchev–Trinajstić information content (AvgIpc) is 2.58. The maximum atomic E-state index is 6.08. The van der Waals surface area contributed by atoms with Gasteiger partial charge in [-0.3, -0.25) is 0 Å². The Balaban J connectivity index is 2.24. The van der Waals surface area contributed by atoms with E-state index in [1.54, 1.807) is 7.11 Å². The zero-order chi connectivity index (χ0) is 17.5. The van der Waals surface area contributed by atoms with Crippen molar-refractivity contribution >= 4 is 0 Å². The third-order valence-electron chi connectivity index (χ3n) is 4.32. The Kier molecular flexibility index (Phi) is 6.68. The van der Waals surface area contributed by atoms with Crippen LogP contribution in [0.4, 0.5) is 0 Å². The molecule has 2 N–H and O–H groups in total. The minimum Gasteiger partial charge on any atom is -0.493 e. The minimum absolute atomic E-state index is 0.304. The second-order valence-corrected chi connectivity index (χ2v) is 6.33. The first kappa shape index (κ1) is 18.3. The summed E-state index contributed by atoms with van der Waals surface area (Å²) >= 11 is 0. The normalized spacial score (nSPS) is 12.0. The van der Waals surface area contributed by atoms with Gasteiger partial charge in [-0.15, -0.1) is 0 Å². The summed E-state index contributed by atoms with van der Waals surface area (Å²) in [6, 6.07) is 12.8. The predicted octanol–water partition coefficient (Wildman–Crippen LogP) is 4.39. The van der Waals surface area contributed by atoms with E-state index in [0.717, 1.165) is 24.3 Å². The number of aryl methyl sites for hydroxylation is 2. The lowest BCUT2D eigenvalue weighted by Gasteiger charge is -2.19. The molecule has 0 radical (unpaired) electrons. The monoisotopic (exact) mass is 327 g/mol. The van der Waals surface area contributed by atoms with Crippen molar-refractivity contribution in [2.45, 2.75) is 39.5 Å². The van der Waals surface area contributed by atoms with E-state index in [2.05, 4.69) is 51.1 Å². The van der Waals surface area contributed by atoms with Crippen molar-refractivity contribution in [2.24, 2.45) is 5.73 Å². The summed E-state index contributed by atoms with van der Waals surface area (Å²) < 4.78 is 11.2. The number of rotatable bonds is 8. The Morgan fingerprint density at radius 3 is 2.46 bits per heavy atom. The lowest BCUT2D eigenvalue weighted by molar-refractivity contribution is 0.294. The van der Waals surface area contributed by atoms with Crippen molar-refractivity contribution in [3.05, 3.63) is 58.7 Å². The van der Waals surface area contributed by atoms with E-state index in [4.69, 9.17) is 15.2 Å². The van der Waals surface area contributed by atoms with E-state index >= 15 is 0 Å². The zero-order valence-electron chi connectivity index (χ0n) is 15.3. The molecule has 0 saturated heterocycles. The number of hydrogen-bond donors (Lipinski definition) is 1. The summed E-state index contributed by atoms with van der Waals surface area (Å²) in [7, 11) is 1.67. The second kappa shape index (κ2) is 8.74. The first-order valence-electron chi connectivity index (χ1n) is 8.66. The Morgan fingerprint density at radius 1 is 1.04 bits per heavy atom. The molecule has 1 atom stereocenters. The van der Waals surface area contributed by atoms with Crippen LogP contribution in [0.25, 0.3) is 0 Å². The Labute approximate surface area is 145 Å². The minimum atomic E-state index is 0.304. The third kappa shape index (κ3) is 4.51. The van der Waals surface area contributed by atoms with Crippen LogP contribution in [-0.2, 0) is 6.42 Å². The molecule has 0 aliphatic heterocycles. The van der Waals surface area contributed by atoms with Crippen LogP contribution in [0, 0.1) is 13.8 Å². The molecule has 3 nitrogen and oxygen atoms in total. The predicted molar refractivity (Wildman–Crippen MR) is 100 cm³/mol. The molecular weight excluding hydrogens is 298 g/mol. The largest absolute Gasteiger partial charge is 0.493 e. The van der Waals surface area contributed by atoms with Crippen LogP contribution in [0.2, 0.25) is 0 Å². The van der Waals surface area contributed by atoms with Crippen LogP contribution in [0.15, 0.2) is 36.4 Å². The Morgan fingerprint density at radius 2 is 1.83 bits per heavy atom. The summed E-state index contributed by atoms with van der Waals surface area (Å²) in [6.45, 7) is 7.70. The van der Waals surface area contributed by atoms with Gasteiger partial charge in [-0.25, -0.2) is 0 Å². The summed E-state index contributed by atoms with van der Waals surface area (Å²) in [5.41, 5.74) is 11.2. The molecule has 0 fully saturated rings. The highest BCUT2D eigenvalue weighted by Crippen LogP contribution is 2.31. The van der Waals surface area contributed by atoms with E-state index in [9.17, 15) is 0 Å². The highest BCUT2D eigenvalue weighted by atomic mass is 16.5. The third-order valence-corrected chi connectivity index (χ3v) is 4.32. The van der Waals surface area contributed by atoms with E-state index in [1.807, 2.05) is 6.07 Å². The van der Waals surface area contributed by atoms with Crippen molar-refractivity contribution < 1.29 is 9.47 Å². The molecule has 0 amide bonds. The molecule has 0 saturated carbocycles. The van der Waals surface area contributed by atoms with Gasteiger partial charge in [-0.05, 0) is 62.1 Å². The van der Waals surface area contributed by atoms with Gasteiger partial charge in [0.25, 0.3) is 0 Å². The SMILES string of the molecule is CCCOc1cc(CC(CN)c2ccc(C)cc2C)ccc1OC. The maximum absolute atomic E-state index is 6.08. The van der Waals surface area contributed by atoms with Crippen molar-refractivity contribution in [2.75, 3.05) is 20.3 Å². The molecule has 2 aromatic carbocycles. The van der Waals surface area contributed by atoms with Crippen molar-refractivity contribution in [3.8, 4) is 11.5 Å². The molecule has 0 aliphatic rings. The highest BCUT2D eigenvalue weighted by molar-refractivity contribution is 5.44. The summed E-state index contributed by atoms with van der Waals surface area (Å²) in [5.74, 6) is 1.90. The fraction of sp³-hybridized carbons (Fsp3) is 0.429. The van der Waals surface area contributed by atoms with Gasteiger partial charge < -0.3 is 15.2 Å². The van der Waals surface area contributed by atoms with Gasteiger partial charge in [-0.1, -0.05) is 36.8 Å². The molecule has 0 spiro atoms.